The lowest BCUT2D eigenvalue weighted by molar-refractivity contribution is -0.384. The average molecular weight is 346 g/mol. The molecule has 0 saturated heterocycles. The van der Waals surface area contributed by atoms with E-state index in [9.17, 15) is 10.1 Å². The van der Waals surface area contributed by atoms with Crippen molar-refractivity contribution in [2.75, 3.05) is 5.32 Å². The number of non-ortho nitro benzene ring substituents is 1. The normalized spacial score (nSPS) is 10.2. The number of tetrazole rings is 1. The molecule has 1 aromatic carbocycles. The third-order valence-corrected chi connectivity index (χ3v) is 2.88. The van der Waals surface area contributed by atoms with Crippen LogP contribution in [-0.4, -0.2) is 25.5 Å². The Morgan fingerprint density at radius 2 is 2.35 bits per heavy atom. The summed E-state index contributed by atoms with van der Waals surface area (Å²) >= 11 is 2.03. The van der Waals surface area contributed by atoms with Crippen molar-refractivity contribution in [1.82, 2.24) is 20.6 Å². The Morgan fingerprint density at radius 1 is 1.53 bits per heavy atom. The molecule has 0 aliphatic heterocycles. The molecule has 1 aromatic heterocycles. The third kappa shape index (κ3) is 2.87. The fourth-order valence-electron chi connectivity index (χ4n) is 1.19. The van der Waals surface area contributed by atoms with Gasteiger partial charge in [-0.05, 0) is 28.7 Å². The summed E-state index contributed by atoms with van der Waals surface area (Å²) in [5.74, 6) is 0.527. The second-order valence-corrected chi connectivity index (χ2v) is 4.27. The van der Waals surface area contributed by atoms with Crippen molar-refractivity contribution in [3.05, 3.63) is 37.7 Å². The van der Waals surface area contributed by atoms with E-state index in [-0.39, 0.29) is 5.69 Å². The van der Waals surface area contributed by atoms with E-state index >= 15 is 0 Å². The molecular formula is C8H7IN6O2. The summed E-state index contributed by atoms with van der Waals surface area (Å²) < 4.78 is 0.764. The highest BCUT2D eigenvalue weighted by Crippen LogP contribution is 2.23. The predicted molar refractivity (Wildman–Crippen MR) is 67.3 cm³/mol. The van der Waals surface area contributed by atoms with Gasteiger partial charge in [0.25, 0.3) is 5.69 Å². The molecule has 17 heavy (non-hydrogen) atoms. The van der Waals surface area contributed by atoms with E-state index < -0.39 is 4.92 Å². The zero-order chi connectivity index (χ0) is 12.3. The van der Waals surface area contributed by atoms with E-state index in [0.29, 0.717) is 12.4 Å². The minimum atomic E-state index is -0.425. The van der Waals surface area contributed by atoms with Gasteiger partial charge in [0.15, 0.2) is 5.82 Å². The van der Waals surface area contributed by atoms with Crippen LogP contribution in [0, 0.1) is 13.7 Å². The summed E-state index contributed by atoms with van der Waals surface area (Å²) in [4.78, 5) is 10.1. The summed E-state index contributed by atoms with van der Waals surface area (Å²) in [6, 6.07) is 4.60. The summed E-state index contributed by atoms with van der Waals surface area (Å²) in [5, 5.41) is 27.0. The fourth-order valence-corrected chi connectivity index (χ4v) is 1.88. The molecule has 0 amide bonds. The van der Waals surface area contributed by atoms with Crippen LogP contribution in [0.3, 0.4) is 0 Å². The number of nitrogens with zero attached hydrogens (tertiary/aromatic N) is 4. The van der Waals surface area contributed by atoms with Gasteiger partial charge in [0.2, 0.25) is 0 Å². The maximum atomic E-state index is 10.6. The van der Waals surface area contributed by atoms with E-state index in [2.05, 4.69) is 25.9 Å². The lowest BCUT2D eigenvalue weighted by Gasteiger charge is -2.05. The van der Waals surface area contributed by atoms with Crippen molar-refractivity contribution < 1.29 is 4.92 Å². The third-order valence-electron chi connectivity index (χ3n) is 1.99. The summed E-state index contributed by atoms with van der Waals surface area (Å²) in [5.41, 5.74) is 0.862. The number of aromatic amines is 1. The first-order valence-electron chi connectivity index (χ1n) is 4.57. The average Bonchev–Trinajstić information content (AvgIpc) is 2.80. The van der Waals surface area contributed by atoms with E-state index in [1.54, 1.807) is 6.07 Å². The molecule has 2 N–H and O–H groups in total. The number of benzene rings is 1. The van der Waals surface area contributed by atoms with Gasteiger partial charge < -0.3 is 5.32 Å². The number of nitro benzene ring substituents is 1. The minimum Gasteiger partial charge on any atom is -0.377 e. The molecule has 9 heteroatoms. The molecule has 0 saturated carbocycles. The maximum Gasteiger partial charge on any atom is 0.270 e. The number of anilines is 1. The van der Waals surface area contributed by atoms with Gasteiger partial charge in [-0.2, -0.15) is 5.21 Å². The highest BCUT2D eigenvalue weighted by molar-refractivity contribution is 14.1. The summed E-state index contributed by atoms with van der Waals surface area (Å²) in [7, 11) is 0. The number of aromatic nitrogens is 4. The highest BCUT2D eigenvalue weighted by Gasteiger charge is 2.09. The fraction of sp³-hybridized carbons (Fsp3) is 0.125. The first-order chi connectivity index (χ1) is 8.16. The van der Waals surface area contributed by atoms with Crippen molar-refractivity contribution >= 4 is 34.0 Å². The predicted octanol–water partition coefficient (Wildman–Crippen LogP) is 1.32. The second kappa shape index (κ2) is 5.03. The number of nitrogens with one attached hydrogen (secondary N) is 2. The van der Waals surface area contributed by atoms with Crippen molar-refractivity contribution in [1.29, 1.82) is 0 Å². The second-order valence-electron chi connectivity index (χ2n) is 3.10. The molecule has 2 rings (SSSR count). The first-order valence-corrected chi connectivity index (χ1v) is 5.65. The van der Waals surface area contributed by atoms with Crippen LogP contribution in [0.1, 0.15) is 5.82 Å². The Bertz CT molecular complexity index is 529. The van der Waals surface area contributed by atoms with Crippen LogP contribution in [0.25, 0.3) is 0 Å². The zero-order valence-corrected chi connectivity index (χ0v) is 10.6. The number of halogens is 1. The van der Waals surface area contributed by atoms with Crippen molar-refractivity contribution in [2.24, 2.45) is 0 Å². The highest BCUT2D eigenvalue weighted by atomic mass is 127. The quantitative estimate of drug-likeness (QED) is 0.491. The van der Waals surface area contributed by atoms with E-state index in [4.69, 9.17) is 0 Å². The number of hydrogen-bond acceptors (Lipinski definition) is 6. The smallest absolute Gasteiger partial charge is 0.270 e. The minimum absolute atomic E-state index is 0.0690. The monoisotopic (exact) mass is 346 g/mol. The standard InChI is InChI=1S/C8H7IN6O2/c9-6-3-5(15(16)17)1-2-7(6)10-4-8-11-13-14-12-8/h1-3,10H,4H2,(H,11,12,13,14). The van der Waals surface area contributed by atoms with Gasteiger partial charge in [0.05, 0.1) is 11.5 Å². The van der Waals surface area contributed by atoms with Crippen LogP contribution in [0.4, 0.5) is 11.4 Å². The molecule has 0 fully saturated rings. The molecule has 0 atom stereocenters. The first kappa shape index (κ1) is 11.7. The topological polar surface area (TPSA) is 110 Å². The Morgan fingerprint density at radius 3 is 2.94 bits per heavy atom. The molecule has 0 radical (unpaired) electrons. The van der Waals surface area contributed by atoms with Gasteiger partial charge in [0, 0.05) is 21.4 Å². The molecule has 0 aliphatic rings. The Kier molecular flexibility index (Phi) is 3.46. The van der Waals surface area contributed by atoms with Crippen molar-refractivity contribution in [3.63, 3.8) is 0 Å². The van der Waals surface area contributed by atoms with Gasteiger partial charge in [-0.3, -0.25) is 10.1 Å². The van der Waals surface area contributed by atoms with Crippen LogP contribution in [0.15, 0.2) is 18.2 Å². The van der Waals surface area contributed by atoms with E-state index in [0.717, 1.165) is 9.26 Å². The molecule has 8 nitrogen and oxygen atoms in total. The van der Waals surface area contributed by atoms with Crippen LogP contribution >= 0.6 is 22.6 Å². The molecule has 0 bridgehead atoms. The molecular weight excluding hydrogens is 339 g/mol. The summed E-state index contributed by atoms with van der Waals surface area (Å²) in [6.45, 7) is 0.407. The van der Waals surface area contributed by atoms with Crippen LogP contribution in [0.2, 0.25) is 0 Å². The SMILES string of the molecule is O=[N+]([O-])c1ccc(NCc2nn[nH]n2)c(I)c1. The van der Waals surface area contributed by atoms with Gasteiger partial charge >= 0.3 is 0 Å². The Hall–Kier alpha value is -1.78. The number of hydrogen-bond donors (Lipinski definition) is 2. The lowest BCUT2D eigenvalue weighted by Crippen LogP contribution is -2.03. The lowest BCUT2D eigenvalue weighted by atomic mass is 10.3. The molecule has 88 valence electrons. The number of rotatable bonds is 4. The summed E-state index contributed by atoms with van der Waals surface area (Å²) in [6.07, 6.45) is 0. The molecule has 0 spiro atoms. The maximum absolute atomic E-state index is 10.6. The molecule has 0 aliphatic carbocycles. The largest absolute Gasteiger partial charge is 0.377 e. The van der Waals surface area contributed by atoms with Gasteiger partial charge in [-0.25, -0.2) is 0 Å². The number of H-pyrrole nitrogens is 1. The van der Waals surface area contributed by atoms with Gasteiger partial charge in [-0.1, -0.05) is 5.21 Å². The van der Waals surface area contributed by atoms with E-state index in [1.165, 1.54) is 12.1 Å². The Labute approximate surface area is 109 Å². The molecule has 2 aromatic rings. The van der Waals surface area contributed by atoms with Crippen LogP contribution in [-0.2, 0) is 6.54 Å². The van der Waals surface area contributed by atoms with Gasteiger partial charge in [-0.15, -0.1) is 10.2 Å². The van der Waals surface area contributed by atoms with Crippen LogP contribution in [0.5, 0.6) is 0 Å². The van der Waals surface area contributed by atoms with Crippen molar-refractivity contribution in [3.8, 4) is 0 Å². The van der Waals surface area contributed by atoms with Crippen molar-refractivity contribution in [2.45, 2.75) is 6.54 Å². The van der Waals surface area contributed by atoms with E-state index in [1.807, 2.05) is 22.6 Å². The number of nitro groups is 1. The van der Waals surface area contributed by atoms with Crippen LogP contribution < -0.4 is 5.32 Å². The van der Waals surface area contributed by atoms with Gasteiger partial charge in [0.1, 0.15) is 0 Å². The molecule has 0 unspecified atom stereocenters. The zero-order valence-electron chi connectivity index (χ0n) is 8.42. The molecule has 1 heterocycles. The Balaban J connectivity index is 2.09.